The first-order valence-corrected chi connectivity index (χ1v) is 12.2. The van der Waals surface area contributed by atoms with Crippen molar-refractivity contribution in [2.75, 3.05) is 26.2 Å². The van der Waals surface area contributed by atoms with Crippen LogP contribution >= 0.6 is 11.6 Å². The standard InChI is InChI=1S/C26H36ClN3O3/c1-5-33-26(32)25-18(2)23(29(4)19(25)3)10-11-24(31)28-16-20-12-14-30(15-13-20)17-21-6-8-22(27)9-7-21/h6-9,20H,5,10-17H2,1-4H3,(H,28,31). The Hall–Kier alpha value is -2.31. The van der Waals surface area contributed by atoms with Crippen molar-refractivity contribution in [2.24, 2.45) is 13.0 Å². The number of piperidine rings is 1. The van der Waals surface area contributed by atoms with Crippen molar-refractivity contribution in [1.82, 2.24) is 14.8 Å². The molecule has 1 amide bonds. The monoisotopic (exact) mass is 473 g/mol. The van der Waals surface area contributed by atoms with Gasteiger partial charge in [0.2, 0.25) is 5.91 Å². The molecule has 1 aliphatic heterocycles. The Bertz CT molecular complexity index is 960. The Morgan fingerprint density at radius 1 is 1.15 bits per heavy atom. The van der Waals surface area contributed by atoms with Crippen molar-refractivity contribution < 1.29 is 14.3 Å². The second-order valence-electron chi connectivity index (χ2n) is 8.96. The van der Waals surface area contributed by atoms with E-state index < -0.39 is 0 Å². The Balaban J connectivity index is 1.42. The van der Waals surface area contributed by atoms with E-state index in [0.29, 0.717) is 30.9 Å². The van der Waals surface area contributed by atoms with Crippen LogP contribution in [0.2, 0.25) is 5.02 Å². The van der Waals surface area contributed by atoms with Gasteiger partial charge in [-0.05, 0) is 82.3 Å². The molecule has 2 aromatic rings. The lowest BCUT2D eigenvalue weighted by Gasteiger charge is -2.32. The zero-order chi connectivity index (χ0) is 24.0. The first-order valence-electron chi connectivity index (χ1n) is 11.9. The molecule has 1 N–H and O–H groups in total. The summed E-state index contributed by atoms with van der Waals surface area (Å²) in [6.45, 7) is 9.77. The average Bonchev–Trinajstić information content (AvgIpc) is 3.01. The summed E-state index contributed by atoms with van der Waals surface area (Å²) in [6, 6.07) is 8.05. The van der Waals surface area contributed by atoms with E-state index in [1.807, 2.05) is 37.6 Å². The Labute approximate surface area is 202 Å². The van der Waals surface area contributed by atoms with Crippen molar-refractivity contribution in [3.05, 3.63) is 57.4 Å². The first kappa shape index (κ1) is 25.3. The largest absolute Gasteiger partial charge is 0.462 e. The number of amides is 1. The SMILES string of the molecule is CCOC(=O)c1c(C)c(CCC(=O)NCC2CCN(Cc3ccc(Cl)cc3)CC2)n(C)c1C. The van der Waals surface area contributed by atoms with E-state index in [9.17, 15) is 9.59 Å². The number of ether oxygens (including phenoxy) is 1. The van der Waals surface area contributed by atoms with Gasteiger partial charge in [0.1, 0.15) is 0 Å². The summed E-state index contributed by atoms with van der Waals surface area (Å²) in [5.74, 6) is 0.292. The Morgan fingerprint density at radius 3 is 2.45 bits per heavy atom. The van der Waals surface area contributed by atoms with E-state index in [1.54, 1.807) is 6.92 Å². The minimum Gasteiger partial charge on any atom is -0.462 e. The highest BCUT2D eigenvalue weighted by Crippen LogP contribution is 2.23. The molecule has 0 unspecified atom stereocenters. The molecule has 7 heteroatoms. The molecule has 0 radical (unpaired) electrons. The van der Waals surface area contributed by atoms with Gasteiger partial charge in [-0.2, -0.15) is 0 Å². The molecule has 1 saturated heterocycles. The number of benzene rings is 1. The molecule has 0 bridgehead atoms. The highest BCUT2D eigenvalue weighted by atomic mass is 35.5. The number of esters is 1. The van der Waals surface area contributed by atoms with Crippen LogP contribution in [-0.2, 0) is 29.5 Å². The topological polar surface area (TPSA) is 63.6 Å². The smallest absolute Gasteiger partial charge is 0.340 e. The van der Waals surface area contributed by atoms with Crippen LogP contribution in [-0.4, -0.2) is 47.6 Å². The van der Waals surface area contributed by atoms with Gasteiger partial charge in [0.25, 0.3) is 0 Å². The fourth-order valence-corrected chi connectivity index (χ4v) is 4.80. The minimum atomic E-state index is -0.291. The number of halogens is 1. The second kappa shape index (κ2) is 11.7. The fraction of sp³-hybridized carbons (Fsp3) is 0.538. The van der Waals surface area contributed by atoms with Gasteiger partial charge in [-0.1, -0.05) is 23.7 Å². The third-order valence-electron chi connectivity index (χ3n) is 6.76. The second-order valence-corrected chi connectivity index (χ2v) is 9.40. The molecule has 1 aromatic carbocycles. The number of carbonyl (C=O) groups is 2. The van der Waals surface area contributed by atoms with Gasteiger partial charge in [-0.3, -0.25) is 9.69 Å². The normalized spacial score (nSPS) is 14.9. The molecule has 3 rings (SSSR count). The van der Waals surface area contributed by atoms with Crippen molar-refractivity contribution in [2.45, 2.75) is 53.0 Å². The zero-order valence-electron chi connectivity index (χ0n) is 20.2. The molecule has 0 saturated carbocycles. The third kappa shape index (κ3) is 6.61. The van der Waals surface area contributed by atoms with Gasteiger partial charge in [0.15, 0.2) is 0 Å². The highest BCUT2D eigenvalue weighted by molar-refractivity contribution is 6.30. The lowest BCUT2D eigenvalue weighted by molar-refractivity contribution is -0.121. The summed E-state index contributed by atoms with van der Waals surface area (Å²) in [7, 11) is 1.94. The number of likely N-dealkylation sites (tertiary alicyclic amines) is 1. The molecule has 180 valence electrons. The van der Waals surface area contributed by atoms with Crippen molar-refractivity contribution >= 4 is 23.5 Å². The van der Waals surface area contributed by atoms with Crippen LogP contribution < -0.4 is 5.32 Å². The maximum atomic E-state index is 12.5. The molecule has 1 aliphatic rings. The van der Waals surface area contributed by atoms with E-state index in [4.69, 9.17) is 16.3 Å². The van der Waals surface area contributed by atoms with Crippen LogP contribution in [0.25, 0.3) is 0 Å². The number of nitrogens with one attached hydrogen (secondary N) is 1. The van der Waals surface area contributed by atoms with Crippen LogP contribution in [0.1, 0.15) is 59.1 Å². The molecular weight excluding hydrogens is 438 g/mol. The summed E-state index contributed by atoms with van der Waals surface area (Å²) >= 11 is 5.97. The Kier molecular flexibility index (Phi) is 8.98. The molecule has 33 heavy (non-hydrogen) atoms. The van der Waals surface area contributed by atoms with Gasteiger partial charge in [0.05, 0.1) is 12.2 Å². The predicted molar refractivity (Wildman–Crippen MR) is 132 cm³/mol. The van der Waals surface area contributed by atoms with E-state index in [2.05, 4.69) is 22.3 Å². The lowest BCUT2D eigenvalue weighted by Crippen LogP contribution is -2.38. The van der Waals surface area contributed by atoms with Gasteiger partial charge in [-0.15, -0.1) is 0 Å². The average molecular weight is 474 g/mol. The number of aromatic nitrogens is 1. The van der Waals surface area contributed by atoms with E-state index in [0.717, 1.165) is 61.0 Å². The molecule has 0 spiro atoms. The summed E-state index contributed by atoms with van der Waals surface area (Å²) in [4.78, 5) is 27.3. The molecular formula is C26H36ClN3O3. The van der Waals surface area contributed by atoms with Gasteiger partial charge in [-0.25, -0.2) is 4.79 Å². The molecule has 1 aromatic heterocycles. The van der Waals surface area contributed by atoms with Crippen molar-refractivity contribution in [3.63, 3.8) is 0 Å². The summed E-state index contributed by atoms with van der Waals surface area (Å²) < 4.78 is 7.20. The maximum Gasteiger partial charge on any atom is 0.340 e. The molecule has 1 fully saturated rings. The van der Waals surface area contributed by atoms with Crippen molar-refractivity contribution in [3.8, 4) is 0 Å². The van der Waals surface area contributed by atoms with Gasteiger partial charge >= 0.3 is 5.97 Å². The lowest BCUT2D eigenvalue weighted by atomic mass is 9.96. The van der Waals surface area contributed by atoms with Crippen LogP contribution in [0.4, 0.5) is 0 Å². The number of hydrogen-bond acceptors (Lipinski definition) is 4. The van der Waals surface area contributed by atoms with Crippen molar-refractivity contribution in [1.29, 1.82) is 0 Å². The van der Waals surface area contributed by atoms with Crippen LogP contribution in [0.3, 0.4) is 0 Å². The molecule has 2 heterocycles. The molecule has 0 aliphatic carbocycles. The van der Waals surface area contributed by atoms with Crippen LogP contribution in [0.5, 0.6) is 0 Å². The quantitative estimate of drug-likeness (QED) is 0.547. The van der Waals surface area contributed by atoms with Gasteiger partial charge < -0.3 is 14.6 Å². The zero-order valence-corrected chi connectivity index (χ0v) is 21.0. The van der Waals surface area contributed by atoms with Gasteiger partial charge in [0, 0.05) is 43.0 Å². The minimum absolute atomic E-state index is 0.0644. The first-order chi connectivity index (χ1) is 15.8. The van der Waals surface area contributed by atoms with E-state index >= 15 is 0 Å². The van der Waals surface area contributed by atoms with Crippen LogP contribution in [0.15, 0.2) is 24.3 Å². The predicted octanol–water partition coefficient (Wildman–Crippen LogP) is 4.43. The molecule has 6 nitrogen and oxygen atoms in total. The number of rotatable bonds is 9. The summed E-state index contributed by atoms with van der Waals surface area (Å²) in [5, 5.41) is 3.89. The maximum absolute atomic E-state index is 12.5. The number of hydrogen-bond donors (Lipinski definition) is 1. The summed E-state index contributed by atoms with van der Waals surface area (Å²) in [6.07, 6.45) is 3.20. The van der Waals surface area contributed by atoms with E-state index in [-0.39, 0.29) is 11.9 Å². The van der Waals surface area contributed by atoms with E-state index in [1.165, 1.54) is 5.56 Å². The number of nitrogens with zero attached hydrogens (tertiary/aromatic N) is 2. The summed E-state index contributed by atoms with van der Waals surface area (Å²) in [5.41, 5.74) is 4.71. The molecule has 0 atom stereocenters. The highest BCUT2D eigenvalue weighted by Gasteiger charge is 2.23. The number of carbonyl (C=O) groups excluding carboxylic acids is 2. The fourth-order valence-electron chi connectivity index (χ4n) is 4.67. The third-order valence-corrected chi connectivity index (χ3v) is 7.01. The Morgan fingerprint density at radius 2 is 1.82 bits per heavy atom. The van der Waals surface area contributed by atoms with Crippen LogP contribution in [0, 0.1) is 19.8 Å².